The Kier molecular flexibility index (Phi) is 4.68. The maximum absolute atomic E-state index is 6.17. The summed E-state index contributed by atoms with van der Waals surface area (Å²) >= 11 is 0. The highest BCUT2D eigenvalue weighted by atomic mass is 15.3. The second-order valence-corrected chi connectivity index (χ2v) is 6.57. The van der Waals surface area contributed by atoms with Crippen molar-refractivity contribution < 1.29 is 0 Å². The smallest absolute Gasteiger partial charge is 0.0356 e. The molecule has 2 aliphatic heterocycles. The van der Waals surface area contributed by atoms with Gasteiger partial charge in [-0.05, 0) is 45.6 Å². The van der Waals surface area contributed by atoms with Crippen LogP contribution in [-0.2, 0) is 0 Å². The zero-order valence-corrected chi connectivity index (χ0v) is 12.5. The number of piperidine rings is 1. The molecule has 0 radical (unpaired) electrons. The van der Waals surface area contributed by atoms with E-state index in [1.54, 1.807) is 0 Å². The summed E-state index contributed by atoms with van der Waals surface area (Å²) in [5.74, 6) is 0.913. The normalized spacial score (nSPS) is 30.2. The van der Waals surface area contributed by atoms with Gasteiger partial charge in [-0.2, -0.15) is 0 Å². The summed E-state index contributed by atoms with van der Waals surface area (Å²) in [4.78, 5) is 5.32. The van der Waals surface area contributed by atoms with Gasteiger partial charge in [0.2, 0.25) is 0 Å². The predicted molar refractivity (Wildman–Crippen MR) is 77.7 cm³/mol. The summed E-state index contributed by atoms with van der Waals surface area (Å²) in [6, 6.07) is 0.683. The third kappa shape index (κ3) is 2.73. The highest BCUT2D eigenvalue weighted by molar-refractivity contribution is 4.99. The van der Waals surface area contributed by atoms with Gasteiger partial charge in [-0.15, -0.1) is 0 Å². The van der Waals surface area contributed by atoms with Crippen molar-refractivity contribution in [1.82, 2.24) is 9.80 Å². The quantitative estimate of drug-likeness (QED) is 0.831. The molecule has 3 heteroatoms. The van der Waals surface area contributed by atoms with Crippen molar-refractivity contribution in [2.45, 2.75) is 58.0 Å². The van der Waals surface area contributed by atoms with E-state index in [4.69, 9.17) is 5.73 Å². The Morgan fingerprint density at radius 1 is 1.22 bits per heavy atom. The van der Waals surface area contributed by atoms with Crippen LogP contribution in [0.2, 0.25) is 0 Å². The van der Waals surface area contributed by atoms with Crippen LogP contribution in [0, 0.1) is 5.92 Å². The Balaban J connectivity index is 1.96. The maximum atomic E-state index is 6.17. The lowest BCUT2D eigenvalue weighted by Crippen LogP contribution is -2.59. The lowest BCUT2D eigenvalue weighted by atomic mass is 9.85. The molecule has 0 aromatic heterocycles. The van der Waals surface area contributed by atoms with E-state index in [-0.39, 0.29) is 0 Å². The second-order valence-electron chi connectivity index (χ2n) is 6.57. The zero-order valence-electron chi connectivity index (χ0n) is 12.5. The summed E-state index contributed by atoms with van der Waals surface area (Å²) in [5.41, 5.74) is 6.48. The van der Waals surface area contributed by atoms with Crippen LogP contribution in [0.15, 0.2) is 0 Å². The van der Waals surface area contributed by atoms with Gasteiger partial charge in [-0.1, -0.05) is 13.3 Å². The van der Waals surface area contributed by atoms with Gasteiger partial charge in [0.15, 0.2) is 0 Å². The van der Waals surface area contributed by atoms with Crippen molar-refractivity contribution in [3.05, 3.63) is 0 Å². The summed E-state index contributed by atoms with van der Waals surface area (Å²) in [6.07, 6.45) is 5.23. The van der Waals surface area contributed by atoms with E-state index in [9.17, 15) is 0 Å². The Morgan fingerprint density at radius 2 is 1.89 bits per heavy atom. The monoisotopic (exact) mass is 253 g/mol. The molecule has 0 bridgehead atoms. The molecule has 2 saturated heterocycles. The molecule has 0 saturated carbocycles. The van der Waals surface area contributed by atoms with E-state index < -0.39 is 0 Å². The van der Waals surface area contributed by atoms with Crippen LogP contribution >= 0.6 is 0 Å². The number of nitrogens with two attached hydrogens (primary N) is 1. The average molecular weight is 253 g/mol. The zero-order chi connectivity index (χ0) is 13.2. The van der Waals surface area contributed by atoms with Gasteiger partial charge < -0.3 is 10.6 Å². The molecule has 2 aliphatic rings. The predicted octanol–water partition coefficient (Wildman–Crippen LogP) is 1.92. The van der Waals surface area contributed by atoms with Crippen LogP contribution in [-0.4, -0.2) is 54.1 Å². The van der Waals surface area contributed by atoms with Crippen molar-refractivity contribution >= 4 is 0 Å². The first kappa shape index (κ1) is 14.3. The van der Waals surface area contributed by atoms with Gasteiger partial charge in [-0.3, -0.25) is 4.90 Å². The molecule has 0 aromatic carbocycles. The van der Waals surface area contributed by atoms with Crippen LogP contribution in [0.1, 0.15) is 46.5 Å². The van der Waals surface area contributed by atoms with Crippen molar-refractivity contribution in [3.8, 4) is 0 Å². The van der Waals surface area contributed by atoms with E-state index in [2.05, 4.69) is 30.6 Å². The molecule has 2 heterocycles. The molecule has 2 fully saturated rings. The molecule has 2 N–H and O–H groups in total. The van der Waals surface area contributed by atoms with Gasteiger partial charge in [0.05, 0.1) is 0 Å². The highest BCUT2D eigenvalue weighted by Gasteiger charge is 2.41. The third-order valence-corrected chi connectivity index (χ3v) is 5.37. The van der Waals surface area contributed by atoms with Gasteiger partial charge in [0.1, 0.15) is 0 Å². The first-order chi connectivity index (χ1) is 8.61. The lowest BCUT2D eigenvalue weighted by molar-refractivity contribution is 0.0306. The van der Waals surface area contributed by atoms with Crippen LogP contribution in [0.25, 0.3) is 0 Å². The summed E-state index contributed by atoms with van der Waals surface area (Å²) < 4.78 is 0. The van der Waals surface area contributed by atoms with Crippen LogP contribution in [0.3, 0.4) is 0 Å². The molecule has 0 spiro atoms. The van der Waals surface area contributed by atoms with Crippen molar-refractivity contribution in [1.29, 1.82) is 0 Å². The number of hydrogen-bond donors (Lipinski definition) is 1. The molecule has 0 aliphatic carbocycles. The van der Waals surface area contributed by atoms with Gasteiger partial charge in [0.25, 0.3) is 0 Å². The molecule has 3 nitrogen and oxygen atoms in total. The topological polar surface area (TPSA) is 32.5 Å². The lowest BCUT2D eigenvalue weighted by Gasteiger charge is -2.48. The van der Waals surface area contributed by atoms with E-state index in [0.717, 1.165) is 12.5 Å². The molecule has 106 valence electrons. The van der Waals surface area contributed by atoms with E-state index >= 15 is 0 Å². The summed E-state index contributed by atoms with van der Waals surface area (Å²) in [7, 11) is 0. The molecule has 1 unspecified atom stereocenters. The van der Waals surface area contributed by atoms with E-state index in [1.807, 2.05) is 0 Å². The van der Waals surface area contributed by atoms with Crippen molar-refractivity contribution in [2.24, 2.45) is 11.7 Å². The first-order valence-electron chi connectivity index (χ1n) is 7.80. The highest BCUT2D eigenvalue weighted by Crippen LogP contribution is 2.34. The Hall–Kier alpha value is -0.120. The molecular weight excluding hydrogens is 222 g/mol. The van der Waals surface area contributed by atoms with Crippen LogP contribution < -0.4 is 5.73 Å². The fourth-order valence-corrected chi connectivity index (χ4v) is 3.70. The number of nitrogens with zero attached hydrogens (tertiary/aromatic N) is 2. The second kappa shape index (κ2) is 5.89. The standard InChI is InChI=1S/C15H31N3/c1-4-14-5-8-18(11-14)15(12-16)6-9-17(10-7-15)13(2)3/h13-14H,4-12,16H2,1-3H3. The Morgan fingerprint density at radius 3 is 2.33 bits per heavy atom. The molecule has 18 heavy (non-hydrogen) atoms. The maximum Gasteiger partial charge on any atom is 0.0356 e. The summed E-state index contributed by atoms with van der Waals surface area (Å²) in [6.45, 7) is 12.8. The minimum absolute atomic E-state index is 0.315. The SMILES string of the molecule is CCC1CCN(C2(CN)CCN(C(C)C)CC2)C1. The van der Waals surface area contributed by atoms with Crippen molar-refractivity contribution in [2.75, 3.05) is 32.7 Å². The average Bonchev–Trinajstić information content (AvgIpc) is 2.88. The fraction of sp³-hybridized carbons (Fsp3) is 1.00. The van der Waals surface area contributed by atoms with Gasteiger partial charge >= 0.3 is 0 Å². The van der Waals surface area contributed by atoms with Gasteiger partial charge in [0, 0.05) is 37.8 Å². The minimum atomic E-state index is 0.315. The molecule has 1 atom stereocenters. The van der Waals surface area contributed by atoms with Gasteiger partial charge in [-0.25, -0.2) is 0 Å². The largest absolute Gasteiger partial charge is 0.329 e. The Labute approximate surface area is 113 Å². The first-order valence-corrected chi connectivity index (χ1v) is 7.80. The molecule has 0 aromatic rings. The van der Waals surface area contributed by atoms with Crippen molar-refractivity contribution in [3.63, 3.8) is 0 Å². The number of hydrogen-bond acceptors (Lipinski definition) is 3. The number of likely N-dealkylation sites (tertiary alicyclic amines) is 2. The minimum Gasteiger partial charge on any atom is -0.329 e. The summed E-state index contributed by atoms with van der Waals surface area (Å²) in [5, 5.41) is 0. The van der Waals surface area contributed by atoms with Crippen LogP contribution in [0.4, 0.5) is 0 Å². The Bertz CT molecular complexity index is 256. The molecule has 2 rings (SSSR count). The van der Waals surface area contributed by atoms with E-state index in [0.29, 0.717) is 11.6 Å². The molecule has 0 amide bonds. The number of rotatable bonds is 4. The fourth-order valence-electron chi connectivity index (χ4n) is 3.70. The van der Waals surface area contributed by atoms with Crippen LogP contribution in [0.5, 0.6) is 0 Å². The van der Waals surface area contributed by atoms with E-state index in [1.165, 1.54) is 51.9 Å². The third-order valence-electron chi connectivity index (χ3n) is 5.37. The molecular formula is C15H31N3.